The zero-order chi connectivity index (χ0) is 9.57. The van der Waals surface area contributed by atoms with Gasteiger partial charge in [0.25, 0.3) is 0 Å². The van der Waals surface area contributed by atoms with Crippen LogP contribution in [0, 0.1) is 17.3 Å². The first-order valence-electron chi connectivity index (χ1n) is 5.04. The summed E-state index contributed by atoms with van der Waals surface area (Å²) < 4.78 is 0. The van der Waals surface area contributed by atoms with Crippen LogP contribution in [0.1, 0.15) is 32.6 Å². The van der Waals surface area contributed by atoms with Gasteiger partial charge in [-0.3, -0.25) is 0 Å². The van der Waals surface area contributed by atoms with Crippen LogP contribution in [-0.2, 0) is 0 Å². The highest BCUT2D eigenvalue weighted by Gasteiger charge is 2.40. The smallest absolute Gasteiger partial charge is 0.0436 e. The maximum absolute atomic E-state index is 8.83. The summed E-state index contributed by atoms with van der Waals surface area (Å²) in [7, 11) is 0. The summed E-state index contributed by atoms with van der Waals surface area (Å²) in [6.07, 6.45) is 4.45. The van der Waals surface area contributed by atoms with Crippen molar-refractivity contribution in [1.29, 1.82) is 0 Å². The molecule has 2 heteroatoms. The van der Waals surface area contributed by atoms with Gasteiger partial charge in [-0.2, -0.15) is 0 Å². The molecule has 74 valence electrons. The number of hydrogen-bond acceptors (Lipinski definition) is 2. The predicted molar refractivity (Wildman–Crippen MR) is 54.3 cm³/mol. The third-order valence-electron chi connectivity index (χ3n) is 2.70. The van der Waals surface area contributed by atoms with Crippen molar-refractivity contribution in [3.8, 4) is 11.8 Å². The molecule has 1 saturated carbocycles. The van der Waals surface area contributed by atoms with Gasteiger partial charge in [-0.25, -0.2) is 0 Å². The van der Waals surface area contributed by atoms with Crippen LogP contribution in [0.5, 0.6) is 0 Å². The molecular formula is C11H19NO. The van der Waals surface area contributed by atoms with Crippen molar-refractivity contribution < 1.29 is 5.11 Å². The largest absolute Gasteiger partial charge is 0.396 e. The van der Waals surface area contributed by atoms with E-state index in [1.807, 2.05) is 6.92 Å². The summed E-state index contributed by atoms with van der Waals surface area (Å²) in [5.41, 5.74) is 0.439. The van der Waals surface area contributed by atoms with Gasteiger partial charge in [0, 0.05) is 26.1 Å². The Kier molecular flexibility index (Phi) is 4.27. The van der Waals surface area contributed by atoms with Gasteiger partial charge >= 0.3 is 0 Å². The van der Waals surface area contributed by atoms with Gasteiger partial charge < -0.3 is 10.4 Å². The van der Waals surface area contributed by atoms with Crippen molar-refractivity contribution >= 4 is 0 Å². The summed E-state index contributed by atoms with van der Waals surface area (Å²) in [5.74, 6) is 5.90. The van der Waals surface area contributed by atoms with E-state index in [-0.39, 0.29) is 0 Å². The summed E-state index contributed by atoms with van der Waals surface area (Å²) in [4.78, 5) is 0. The first-order valence-corrected chi connectivity index (χ1v) is 5.04. The van der Waals surface area contributed by atoms with Crippen LogP contribution < -0.4 is 5.32 Å². The fourth-order valence-electron chi connectivity index (χ4n) is 1.56. The van der Waals surface area contributed by atoms with E-state index in [1.54, 1.807) is 0 Å². The van der Waals surface area contributed by atoms with Gasteiger partial charge in [0.2, 0.25) is 0 Å². The maximum Gasteiger partial charge on any atom is 0.0436 e. The average molecular weight is 181 g/mol. The lowest BCUT2D eigenvalue weighted by molar-refractivity contribution is 0.245. The van der Waals surface area contributed by atoms with Crippen molar-refractivity contribution in [3.63, 3.8) is 0 Å². The second kappa shape index (κ2) is 5.26. The minimum Gasteiger partial charge on any atom is -0.396 e. The highest BCUT2D eigenvalue weighted by molar-refractivity contribution is 4.97. The second-order valence-corrected chi connectivity index (χ2v) is 3.83. The number of rotatable bonds is 6. The van der Waals surface area contributed by atoms with Gasteiger partial charge in [0.05, 0.1) is 0 Å². The van der Waals surface area contributed by atoms with E-state index in [4.69, 9.17) is 5.11 Å². The lowest BCUT2D eigenvalue weighted by atomic mass is 10.0. The maximum atomic E-state index is 8.83. The third-order valence-corrected chi connectivity index (χ3v) is 2.70. The van der Waals surface area contributed by atoms with Crippen LogP contribution in [0.2, 0.25) is 0 Å². The highest BCUT2D eigenvalue weighted by Crippen LogP contribution is 2.47. The third kappa shape index (κ3) is 3.80. The molecule has 1 aliphatic rings. The molecule has 1 aliphatic carbocycles. The average Bonchev–Trinajstić information content (AvgIpc) is 2.86. The number of nitrogens with one attached hydrogen (secondary N) is 1. The molecule has 1 fully saturated rings. The molecule has 0 spiro atoms. The molecule has 13 heavy (non-hydrogen) atoms. The molecule has 0 aromatic heterocycles. The minimum atomic E-state index is 0.330. The summed E-state index contributed by atoms with van der Waals surface area (Å²) in [5, 5.41) is 12.2. The molecule has 0 aliphatic heterocycles. The Morgan fingerprint density at radius 2 is 2.23 bits per heavy atom. The summed E-state index contributed by atoms with van der Waals surface area (Å²) >= 11 is 0. The van der Waals surface area contributed by atoms with Gasteiger partial charge in [-0.15, -0.1) is 11.8 Å². The molecule has 0 radical (unpaired) electrons. The number of hydrogen-bond donors (Lipinski definition) is 2. The molecule has 1 rings (SSSR count). The Bertz CT molecular complexity index is 198. The first kappa shape index (κ1) is 10.6. The van der Waals surface area contributed by atoms with Gasteiger partial charge in [0.1, 0.15) is 0 Å². The zero-order valence-electron chi connectivity index (χ0n) is 8.40. The van der Waals surface area contributed by atoms with Crippen molar-refractivity contribution in [2.24, 2.45) is 5.41 Å². The minimum absolute atomic E-state index is 0.330. The van der Waals surface area contributed by atoms with Crippen LogP contribution in [0.3, 0.4) is 0 Å². The zero-order valence-corrected chi connectivity index (χ0v) is 8.40. The van der Waals surface area contributed by atoms with Gasteiger partial charge in [-0.05, 0) is 31.6 Å². The van der Waals surface area contributed by atoms with E-state index in [0.717, 1.165) is 25.9 Å². The molecule has 0 aromatic rings. The first-order chi connectivity index (χ1) is 6.33. The van der Waals surface area contributed by atoms with Gasteiger partial charge in [-0.1, -0.05) is 0 Å². The van der Waals surface area contributed by atoms with Crippen molar-refractivity contribution in [1.82, 2.24) is 5.32 Å². The van der Waals surface area contributed by atoms with Gasteiger partial charge in [0.15, 0.2) is 0 Å². The molecule has 0 heterocycles. The SMILES string of the molecule is CC#CCCNCC1(CCO)CC1. The number of aliphatic hydroxyl groups excluding tert-OH is 1. The summed E-state index contributed by atoms with van der Waals surface area (Å²) in [6, 6.07) is 0. The lowest BCUT2D eigenvalue weighted by Gasteiger charge is -2.13. The normalized spacial score (nSPS) is 17.7. The van der Waals surface area contributed by atoms with E-state index in [9.17, 15) is 0 Å². The monoisotopic (exact) mass is 181 g/mol. The fraction of sp³-hybridized carbons (Fsp3) is 0.818. The molecule has 0 amide bonds. The number of aliphatic hydroxyl groups is 1. The molecule has 0 saturated heterocycles. The topological polar surface area (TPSA) is 32.3 Å². The fourth-order valence-corrected chi connectivity index (χ4v) is 1.56. The Morgan fingerprint density at radius 1 is 1.46 bits per heavy atom. The standard InChI is InChI=1S/C11H19NO/c1-2-3-4-8-12-10-11(5-6-11)7-9-13/h12-13H,4-10H2,1H3. The molecule has 2 nitrogen and oxygen atoms in total. The Labute approximate surface area is 80.7 Å². The van der Waals surface area contributed by atoms with E-state index in [2.05, 4.69) is 17.2 Å². The Hall–Kier alpha value is -0.520. The highest BCUT2D eigenvalue weighted by atomic mass is 16.3. The van der Waals surface area contributed by atoms with Crippen molar-refractivity contribution in [3.05, 3.63) is 0 Å². The van der Waals surface area contributed by atoms with Crippen molar-refractivity contribution in [2.45, 2.75) is 32.6 Å². The predicted octanol–water partition coefficient (Wildman–Crippen LogP) is 1.15. The molecule has 0 bridgehead atoms. The second-order valence-electron chi connectivity index (χ2n) is 3.83. The van der Waals surface area contributed by atoms with Crippen LogP contribution in [0.15, 0.2) is 0 Å². The Balaban J connectivity index is 2.01. The van der Waals surface area contributed by atoms with Crippen LogP contribution in [0.4, 0.5) is 0 Å². The Morgan fingerprint density at radius 3 is 2.77 bits per heavy atom. The molecule has 0 atom stereocenters. The van der Waals surface area contributed by atoms with E-state index in [0.29, 0.717) is 12.0 Å². The molecule has 0 aromatic carbocycles. The molecule has 2 N–H and O–H groups in total. The van der Waals surface area contributed by atoms with Crippen LogP contribution >= 0.6 is 0 Å². The van der Waals surface area contributed by atoms with E-state index >= 15 is 0 Å². The van der Waals surface area contributed by atoms with Crippen LogP contribution in [0.25, 0.3) is 0 Å². The molecule has 0 unspecified atom stereocenters. The quantitative estimate of drug-likeness (QED) is 0.476. The van der Waals surface area contributed by atoms with Crippen molar-refractivity contribution in [2.75, 3.05) is 19.7 Å². The molecular weight excluding hydrogens is 162 g/mol. The summed E-state index contributed by atoms with van der Waals surface area (Å²) in [6.45, 7) is 4.23. The van der Waals surface area contributed by atoms with Crippen LogP contribution in [-0.4, -0.2) is 24.8 Å². The lowest BCUT2D eigenvalue weighted by Crippen LogP contribution is -2.25. The van der Waals surface area contributed by atoms with E-state index < -0.39 is 0 Å². The van der Waals surface area contributed by atoms with E-state index in [1.165, 1.54) is 12.8 Å².